The van der Waals surface area contributed by atoms with E-state index in [0.29, 0.717) is 5.28 Å². The Morgan fingerprint density at radius 3 is 2.62 bits per heavy atom. The van der Waals surface area contributed by atoms with E-state index in [4.69, 9.17) is 11.6 Å². The molecule has 4 nitrogen and oxygen atoms in total. The quantitative estimate of drug-likeness (QED) is 0.810. The summed E-state index contributed by atoms with van der Waals surface area (Å²) >= 11 is 7.78. The minimum absolute atomic E-state index is 0.351. The van der Waals surface area contributed by atoms with Gasteiger partial charge in [-0.3, -0.25) is 4.90 Å². The minimum atomic E-state index is 0.351. The standard InChI is InChI=1S/C15H21ClN4S/c1-10(2)9-19-4-6-20(7-5-19)13-12-8-11(3)21-14(12)18-15(16)17-13/h8,10H,4-7,9H2,1-3H3. The van der Waals surface area contributed by atoms with Gasteiger partial charge < -0.3 is 4.90 Å². The lowest BCUT2D eigenvalue weighted by molar-refractivity contribution is 0.231. The molecule has 1 aliphatic rings. The van der Waals surface area contributed by atoms with Crippen LogP contribution in [0.2, 0.25) is 5.28 Å². The van der Waals surface area contributed by atoms with Crippen molar-refractivity contribution in [2.45, 2.75) is 20.8 Å². The van der Waals surface area contributed by atoms with E-state index in [9.17, 15) is 0 Å². The molecule has 1 saturated heterocycles. The number of nitrogens with zero attached hydrogens (tertiary/aromatic N) is 4. The van der Waals surface area contributed by atoms with E-state index in [2.05, 4.69) is 46.6 Å². The van der Waals surface area contributed by atoms with Crippen molar-refractivity contribution in [1.82, 2.24) is 14.9 Å². The van der Waals surface area contributed by atoms with E-state index >= 15 is 0 Å². The lowest BCUT2D eigenvalue weighted by atomic mass is 10.2. The summed E-state index contributed by atoms with van der Waals surface area (Å²) in [5, 5.41) is 1.49. The zero-order valence-corrected chi connectivity index (χ0v) is 14.3. The third-order valence-corrected chi connectivity index (χ3v) is 4.88. The number of piperazine rings is 1. The van der Waals surface area contributed by atoms with Gasteiger partial charge in [0.1, 0.15) is 10.6 Å². The summed E-state index contributed by atoms with van der Waals surface area (Å²) in [4.78, 5) is 16.0. The molecule has 0 aromatic carbocycles. The molecule has 2 aromatic rings. The largest absolute Gasteiger partial charge is 0.353 e. The number of anilines is 1. The number of thiophene rings is 1. The van der Waals surface area contributed by atoms with Crippen molar-refractivity contribution in [3.63, 3.8) is 0 Å². The molecule has 3 rings (SSSR count). The van der Waals surface area contributed by atoms with Crippen molar-refractivity contribution in [3.05, 3.63) is 16.2 Å². The molecule has 0 amide bonds. The Labute approximate surface area is 134 Å². The second-order valence-corrected chi connectivity index (χ2v) is 7.65. The number of hydrogen-bond acceptors (Lipinski definition) is 5. The first kappa shape index (κ1) is 15.0. The van der Waals surface area contributed by atoms with Crippen molar-refractivity contribution in [2.75, 3.05) is 37.6 Å². The Balaban J connectivity index is 1.82. The van der Waals surface area contributed by atoms with E-state index in [1.54, 1.807) is 11.3 Å². The van der Waals surface area contributed by atoms with Gasteiger partial charge in [0.2, 0.25) is 5.28 Å². The molecule has 0 spiro atoms. The molecule has 6 heteroatoms. The monoisotopic (exact) mass is 324 g/mol. The SMILES string of the molecule is Cc1cc2c(N3CCN(CC(C)C)CC3)nc(Cl)nc2s1. The van der Waals surface area contributed by atoms with E-state index in [1.807, 2.05) is 0 Å². The van der Waals surface area contributed by atoms with Gasteiger partial charge >= 0.3 is 0 Å². The predicted octanol–water partition coefficient (Wildman–Crippen LogP) is 3.43. The predicted molar refractivity (Wildman–Crippen MR) is 90.7 cm³/mol. The molecule has 0 N–H and O–H groups in total. The van der Waals surface area contributed by atoms with Crippen LogP contribution in [-0.2, 0) is 0 Å². The molecule has 0 unspecified atom stereocenters. The topological polar surface area (TPSA) is 32.3 Å². The maximum Gasteiger partial charge on any atom is 0.225 e. The molecule has 0 atom stereocenters. The average molecular weight is 325 g/mol. The van der Waals surface area contributed by atoms with E-state index < -0.39 is 0 Å². The number of fused-ring (bicyclic) bond motifs is 1. The van der Waals surface area contributed by atoms with Crippen LogP contribution in [0.5, 0.6) is 0 Å². The van der Waals surface area contributed by atoms with Crippen LogP contribution >= 0.6 is 22.9 Å². The molecule has 0 aliphatic carbocycles. The van der Waals surface area contributed by atoms with Crippen molar-refractivity contribution in [1.29, 1.82) is 0 Å². The highest BCUT2D eigenvalue weighted by atomic mass is 35.5. The number of aromatic nitrogens is 2. The van der Waals surface area contributed by atoms with Crippen LogP contribution in [0.25, 0.3) is 10.2 Å². The van der Waals surface area contributed by atoms with Crippen LogP contribution in [0.15, 0.2) is 6.07 Å². The molecular weight excluding hydrogens is 304 g/mol. The number of rotatable bonds is 3. The average Bonchev–Trinajstić information content (AvgIpc) is 2.78. The van der Waals surface area contributed by atoms with Gasteiger partial charge in [-0.1, -0.05) is 13.8 Å². The molecule has 114 valence electrons. The Kier molecular flexibility index (Phi) is 4.33. The molecule has 1 fully saturated rings. The van der Waals surface area contributed by atoms with Gasteiger partial charge in [-0.25, -0.2) is 4.98 Å². The Hall–Kier alpha value is -0.910. The Morgan fingerprint density at radius 1 is 1.24 bits per heavy atom. The molecule has 0 radical (unpaired) electrons. The molecule has 1 aliphatic heterocycles. The third kappa shape index (κ3) is 3.30. The lowest BCUT2D eigenvalue weighted by Gasteiger charge is -2.36. The summed E-state index contributed by atoms with van der Waals surface area (Å²) in [6.45, 7) is 12.0. The second-order valence-electron chi connectivity index (χ2n) is 6.07. The summed E-state index contributed by atoms with van der Waals surface area (Å²) in [7, 11) is 0. The molecule has 2 aromatic heterocycles. The van der Waals surface area contributed by atoms with Crippen molar-refractivity contribution < 1.29 is 0 Å². The molecule has 0 bridgehead atoms. The van der Waals surface area contributed by atoms with Gasteiger partial charge in [-0.15, -0.1) is 11.3 Å². The zero-order valence-electron chi connectivity index (χ0n) is 12.8. The zero-order chi connectivity index (χ0) is 15.0. The first-order chi connectivity index (χ1) is 10.0. The highest BCUT2D eigenvalue weighted by Crippen LogP contribution is 2.32. The van der Waals surface area contributed by atoms with Gasteiger partial charge in [-0.05, 0) is 30.5 Å². The number of halogens is 1. The number of hydrogen-bond donors (Lipinski definition) is 0. The first-order valence-corrected chi connectivity index (χ1v) is 8.63. The first-order valence-electron chi connectivity index (χ1n) is 7.44. The fourth-order valence-electron chi connectivity index (χ4n) is 2.90. The fourth-order valence-corrected chi connectivity index (χ4v) is 3.99. The van der Waals surface area contributed by atoms with Crippen LogP contribution in [0.4, 0.5) is 5.82 Å². The molecule has 21 heavy (non-hydrogen) atoms. The van der Waals surface area contributed by atoms with Crippen LogP contribution in [0, 0.1) is 12.8 Å². The molecular formula is C15H21ClN4S. The Morgan fingerprint density at radius 2 is 1.95 bits per heavy atom. The fraction of sp³-hybridized carbons (Fsp3) is 0.600. The van der Waals surface area contributed by atoms with Crippen LogP contribution in [0.1, 0.15) is 18.7 Å². The minimum Gasteiger partial charge on any atom is -0.353 e. The smallest absolute Gasteiger partial charge is 0.225 e. The van der Waals surface area contributed by atoms with Crippen molar-refractivity contribution in [2.24, 2.45) is 5.92 Å². The van der Waals surface area contributed by atoms with E-state index in [0.717, 1.165) is 48.1 Å². The van der Waals surface area contributed by atoms with E-state index in [1.165, 1.54) is 11.4 Å². The highest BCUT2D eigenvalue weighted by molar-refractivity contribution is 7.18. The second kappa shape index (κ2) is 6.07. The Bertz CT molecular complexity index is 632. The summed E-state index contributed by atoms with van der Waals surface area (Å²) in [5.41, 5.74) is 0. The highest BCUT2D eigenvalue weighted by Gasteiger charge is 2.21. The lowest BCUT2D eigenvalue weighted by Crippen LogP contribution is -2.47. The van der Waals surface area contributed by atoms with Crippen molar-refractivity contribution in [3.8, 4) is 0 Å². The maximum atomic E-state index is 6.10. The van der Waals surface area contributed by atoms with Gasteiger partial charge in [0, 0.05) is 37.6 Å². The van der Waals surface area contributed by atoms with Crippen LogP contribution in [0.3, 0.4) is 0 Å². The van der Waals surface area contributed by atoms with Gasteiger partial charge in [0.05, 0.1) is 5.39 Å². The van der Waals surface area contributed by atoms with Crippen LogP contribution < -0.4 is 4.90 Å². The third-order valence-electron chi connectivity index (χ3n) is 3.76. The van der Waals surface area contributed by atoms with Gasteiger partial charge in [0.15, 0.2) is 0 Å². The molecule has 3 heterocycles. The van der Waals surface area contributed by atoms with Gasteiger partial charge in [-0.2, -0.15) is 4.98 Å². The van der Waals surface area contributed by atoms with Crippen LogP contribution in [-0.4, -0.2) is 47.6 Å². The van der Waals surface area contributed by atoms with Gasteiger partial charge in [0.25, 0.3) is 0 Å². The summed E-state index contributed by atoms with van der Waals surface area (Å²) in [6.07, 6.45) is 0. The van der Waals surface area contributed by atoms with E-state index in [-0.39, 0.29) is 0 Å². The van der Waals surface area contributed by atoms with Crippen molar-refractivity contribution >= 4 is 39.0 Å². The summed E-state index contributed by atoms with van der Waals surface area (Å²) in [5.74, 6) is 1.72. The number of aryl methyl sites for hydroxylation is 1. The summed E-state index contributed by atoms with van der Waals surface area (Å²) < 4.78 is 0. The maximum absolute atomic E-state index is 6.10. The normalized spacial score (nSPS) is 17.1. The summed E-state index contributed by atoms with van der Waals surface area (Å²) in [6, 6.07) is 2.17. The molecule has 0 saturated carbocycles.